The van der Waals surface area contributed by atoms with Gasteiger partial charge in [0.15, 0.2) is 0 Å². The summed E-state index contributed by atoms with van der Waals surface area (Å²) in [5.74, 6) is 0. The van der Waals surface area contributed by atoms with Gasteiger partial charge in [-0.25, -0.2) is 0 Å². The Labute approximate surface area is 180 Å². The predicted octanol–water partition coefficient (Wildman–Crippen LogP) is 9.36. The molecule has 0 fully saturated rings. The number of hydrogen-bond acceptors (Lipinski definition) is 0. The maximum Gasteiger partial charge on any atom is 0.0159 e. The molecule has 0 nitrogen and oxygen atoms in total. The molecular formula is C29H40. The predicted molar refractivity (Wildman–Crippen MR) is 133 cm³/mol. The highest BCUT2D eigenvalue weighted by atomic mass is 14.4. The van der Waals surface area contributed by atoms with Gasteiger partial charge in [0.25, 0.3) is 0 Å². The highest BCUT2D eigenvalue weighted by Crippen LogP contribution is 2.49. The summed E-state index contributed by atoms with van der Waals surface area (Å²) in [5.41, 5.74) is 11.0. The van der Waals surface area contributed by atoms with Crippen LogP contribution in [0.1, 0.15) is 77.6 Å². The van der Waals surface area contributed by atoms with Crippen LogP contribution >= 0.6 is 0 Å². The van der Waals surface area contributed by atoms with Gasteiger partial charge in [-0.05, 0) is 53.3 Å². The summed E-state index contributed by atoms with van der Waals surface area (Å²) in [6.07, 6.45) is 0. The molecule has 0 heterocycles. The van der Waals surface area contributed by atoms with Gasteiger partial charge >= 0.3 is 0 Å². The first-order valence-corrected chi connectivity index (χ1v) is 11.3. The van der Waals surface area contributed by atoms with Crippen molar-refractivity contribution in [1.82, 2.24) is 0 Å². The van der Waals surface area contributed by atoms with E-state index >= 15 is 0 Å². The molecule has 3 aromatic rings. The van der Waals surface area contributed by atoms with Crippen molar-refractivity contribution in [2.24, 2.45) is 0 Å². The number of benzene rings is 3. The molecule has 0 bridgehead atoms. The van der Waals surface area contributed by atoms with Crippen LogP contribution in [0.3, 0.4) is 0 Å². The quantitative estimate of drug-likeness (QED) is 0.389. The van der Waals surface area contributed by atoms with Gasteiger partial charge in [-0.3, -0.25) is 0 Å². The molecule has 1 aliphatic rings. The van der Waals surface area contributed by atoms with Crippen LogP contribution in [0.5, 0.6) is 0 Å². The van der Waals surface area contributed by atoms with Crippen molar-refractivity contribution in [2.75, 3.05) is 0 Å². The lowest BCUT2D eigenvalue weighted by Crippen LogP contribution is -2.15. The van der Waals surface area contributed by atoms with Gasteiger partial charge in [0.05, 0.1) is 0 Å². The minimum Gasteiger partial charge on any atom is -0.0683 e. The molecule has 3 aromatic carbocycles. The summed E-state index contributed by atoms with van der Waals surface area (Å²) in [4.78, 5) is 0. The maximum absolute atomic E-state index is 2.39. The van der Waals surface area contributed by atoms with E-state index in [2.05, 4.69) is 88.4 Å². The Balaban J connectivity index is 0.000000644. The maximum atomic E-state index is 2.39. The molecule has 0 aromatic heterocycles. The first kappa shape index (κ1) is 24.7. The Hall–Kier alpha value is -2.34. The van der Waals surface area contributed by atoms with Gasteiger partial charge in [-0.2, -0.15) is 0 Å². The van der Waals surface area contributed by atoms with Gasteiger partial charge in [-0.15, -0.1) is 0 Å². The van der Waals surface area contributed by atoms with Crippen molar-refractivity contribution < 1.29 is 0 Å². The third-order valence-electron chi connectivity index (χ3n) is 5.18. The van der Waals surface area contributed by atoms with Crippen molar-refractivity contribution in [3.8, 4) is 22.3 Å². The minimum absolute atomic E-state index is 0.0660. The van der Waals surface area contributed by atoms with E-state index in [1.165, 1.54) is 44.5 Å². The summed E-state index contributed by atoms with van der Waals surface area (Å²) in [5, 5.41) is 0. The van der Waals surface area contributed by atoms with E-state index in [1.54, 1.807) is 0 Å². The summed E-state index contributed by atoms with van der Waals surface area (Å²) in [6.45, 7) is 21.0. The first-order chi connectivity index (χ1) is 14.0. The van der Waals surface area contributed by atoms with E-state index in [-0.39, 0.29) is 5.41 Å². The molecule has 0 saturated carbocycles. The third kappa shape index (κ3) is 4.99. The molecule has 29 heavy (non-hydrogen) atoms. The zero-order valence-electron chi connectivity index (χ0n) is 20.3. The Morgan fingerprint density at radius 2 is 1.00 bits per heavy atom. The standard InChI is InChI=1S/C23H22.3C2H6/c1-15-6-5-7-17(12-15)18-9-11-20-19-10-8-16(2)13-21(19)23(3,4)22(20)14-18;3*1-2/h5-14H,1-4H3;3*1-2H3. The Morgan fingerprint density at radius 3 is 1.59 bits per heavy atom. The topological polar surface area (TPSA) is 0 Å². The van der Waals surface area contributed by atoms with Crippen LogP contribution in [-0.4, -0.2) is 0 Å². The second kappa shape index (κ2) is 11.0. The van der Waals surface area contributed by atoms with Crippen molar-refractivity contribution >= 4 is 0 Å². The normalized spacial score (nSPS) is 12.1. The van der Waals surface area contributed by atoms with Crippen LogP contribution in [0.15, 0.2) is 60.7 Å². The Morgan fingerprint density at radius 1 is 0.517 bits per heavy atom. The molecule has 0 radical (unpaired) electrons. The lowest BCUT2D eigenvalue weighted by molar-refractivity contribution is 0.660. The van der Waals surface area contributed by atoms with Crippen molar-refractivity contribution in [3.63, 3.8) is 0 Å². The number of rotatable bonds is 1. The van der Waals surface area contributed by atoms with Crippen LogP contribution in [0, 0.1) is 13.8 Å². The molecule has 0 unspecified atom stereocenters. The van der Waals surface area contributed by atoms with Crippen LogP contribution in [0.4, 0.5) is 0 Å². The Kier molecular flexibility index (Phi) is 9.37. The minimum atomic E-state index is 0.0660. The average molecular weight is 389 g/mol. The molecule has 0 saturated heterocycles. The van der Waals surface area contributed by atoms with Crippen LogP contribution in [0.2, 0.25) is 0 Å². The molecule has 0 atom stereocenters. The largest absolute Gasteiger partial charge is 0.0683 e. The lowest BCUT2D eigenvalue weighted by Gasteiger charge is -2.22. The van der Waals surface area contributed by atoms with E-state index < -0.39 is 0 Å². The molecule has 0 aliphatic heterocycles. The van der Waals surface area contributed by atoms with Crippen molar-refractivity contribution in [3.05, 3.63) is 82.9 Å². The average Bonchev–Trinajstić information content (AvgIpc) is 2.99. The van der Waals surface area contributed by atoms with Crippen LogP contribution < -0.4 is 0 Å². The van der Waals surface area contributed by atoms with Gasteiger partial charge in [0.2, 0.25) is 0 Å². The van der Waals surface area contributed by atoms with Gasteiger partial charge in [0.1, 0.15) is 0 Å². The molecule has 0 amide bonds. The van der Waals surface area contributed by atoms with E-state index in [1.807, 2.05) is 41.5 Å². The zero-order chi connectivity index (χ0) is 22.2. The highest BCUT2D eigenvalue weighted by Gasteiger charge is 2.35. The molecule has 4 rings (SSSR count). The lowest BCUT2D eigenvalue weighted by atomic mass is 9.81. The fraction of sp³-hybridized carbons (Fsp3) is 0.379. The van der Waals surface area contributed by atoms with Crippen LogP contribution in [0.25, 0.3) is 22.3 Å². The number of fused-ring (bicyclic) bond motifs is 3. The zero-order valence-corrected chi connectivity index (χ0v) is 20.3. The molecule has 156 valence electrons. The summed E-state index contributed by atoms with van der Waals surface area (Å²) >= 11 is 0. The van der Waals surface area contributed by atoms with Crippen LogP contribution in [-0.2, 0) is 5.41 Å². The van der Waals surface area contributed by atoms with Gasteiger partial charge < -0.3 is 0 Å². The van der Waals surface area contributed by atoms with Gasteiger partial charge in [0, 0.05) is 5.41 Å². The molecule has 0 heteroatoms. The molecular weight excluding hydrogens is 348 g/mol. The fourth-order valence-corrected chi connectivity index (χ4v) is 3.86. The fourth-order valence-electron chi connectivity index (χ4n) is 3.86. The smallest absolute Gasteiger partial charge is 0.0159 e. The Bertz CT molecular complexity index is 913. The molecule has 1 aliphatic carbocycles. The van der Waals surface area contributed by atoms with E-state index in [9.17, 15) is 0 Å². The summed E-state index contributed by atoms with van der Waals surface area (Å²) in [7, 11) is 0. The summed E-state index contributed by atoms with van der Waals surface area (Å²) in [6, 6.07) is 22.6. The first-order valence-electron chi connectivity index (χ1n) is 11.3. The SMILES string of the molecule is CC.CC.CC.Cc1cccc(-c2ccc3c(c2)C(C)(C)c2cc(C)ccc2-3)c1. The monoisotopic (exact) mass is 388 g/mol. The second-order valence-electron chi connectivity index (χ2n) is 7.30. The van der Waals surface area contributed by atoms with E-state index in [0.29, 0.717) is 0 Å². The van der Waals surface area contributed by atoms with E-state index in [0.717, 1.165) is 0 Å². The van der Waals surface area contributed by atoms with E-state index in [4.69, 9.17) is 0 Å². The molecule has 0 N–H and O–H groups in total. The highest BCUT2D eigenvalue weighted by molar-refractivity contribution is 5.83. The second-order valence-corrected chi connectivity index (χ2v) is 7.30. The van der Waals surface area contributed by atoms with Crippen molar-refractivity contribution in [2.45, 2.75) is 74.7 Å². The third-order valence-corrected chi connectivity index (χ3v) is 5.18. The summed E-state index contributed by atoms with van der Waals surface area (Å²) < 4.78 is 0. The van der Waals surface area contributed by atoms with Crippen molar-refractivity contribution in [1.29, 1.82) is 0 Å². The van der Waals surface area contributed by atoms with Gasteiger partial charge in [-0.1, -0.05) is 121 Å². The molecule has 0 spiro atoms. The number of aryl methyl sites for hydroxylation is 2. The number of hydrogen-bond donors (Lipinski definition) is 0.